The quantitative estimate of drug-likeness (QED) is 0.895. The van der Waals surface area contributed by atoms with Gasteiger partial charge >= 0.3 is 0 Å². The van der Waals surface area contributed by atoms with Gasteiger partial charge in [-0.1, -0.05) is 17.7 Å². The fourth-order valence-electron chi connectivity index (χ4n) is 2.75. The summed E-state index contributed by atoms with van der Waals surface area (Å²) in [7, 11) is 0. The molecule has 0 atom stereocenters. The molecule has 0 bridgehead atoms. The second kappa shape index (κ2) is 4.87. The summed E-state index contributed by atoms with van der Waals surface area (Å²) in [5.74, 6) is 0. The van der Waals surface area contributed by atoms with E-state index in [1.807, 2.05) is 12.1 Å². The molecule has 2 nitrogen and oxygen atoms in total. The van der Waals surface area contributed by atoms with Gasteiger partial charge in [-0.25, -0.2) is 0 Å². The highest BCUT2D eigenvalue weighted by molar-refractivity contribution is 6.31. The van der Waals surface area contributed by atoms with Crippen LogP contribution in [-0.4, -0.2) is 18.6 Å². The van der Waals surface area contributed by atoms with Crippen LogP contribution in [0.25, 0.3) is 0 Å². The first kappa shape index (κ1) is 12.7. The first-order chi connectivity index (χ1) is 8.06. The zero-order chi connectivity index (χ0) is 12.5. The average molecular weight is 253 g/mol. The fourth-order valence-corrected chi connectivity index (χ4v) is 3.01. The van der Waals surface area contributed by atoms with Crippen molar-refractivity contribution in [1.29, 1.82) is 0 Å². The van der Waals surface area contributed by atoms with Crippen molar-refractivity contribution < 1.29 is 0 Å². The van der Waals surface area contributed by atoms with E-state index in [4.69, 9.17) is 17.3 Å². The Morgan fingerprint density at radius 3 is 2.76 bits per heavy atom. The van der Waals surface area contributed by atoms with Crippen molar-refractivity contribution in [3.8, 4) is 0 Å². The second-order valence-electron chi connectivity index (χ2n) is 5.34. The summed E-state index contributed by atoms with van der Waals surface area (Å²) in [6.07, 6.45) is 3.34. The third kappa shape index (κ3) is 2.43. The molecule has 1 fully saturated rings. The van der Waals surface area contributed by atoms with E-state index in [9.17, 15) is 0 Å². The Hall–Kier alpha value is -0.730. The smallest absolute Gasteiger partial charge is 0.0459 e. The number of benzene rings is 1. The molecule has 0 aliphatic carbocycles. The largest absolute Gasteiger partial charge is 0.366 e. The Bertz CT molecular complexity index is 401. The predicted molar refractivity (Wildman–Crippen MR) is 74.9 cm³/mol. The molecule has 0 unspecified atom stereocenters. The molecule has 0 amide bonds. The lowest BCUT2D eigenvalue weighted by atomic mass is 10.00. The van der Waals surface area contributed by atoms with Crippen molar-refractivity contribution >= 4 is 17.3 Å². The normalized spacial score (nSPS) is 18.7. The van der Waals surface area contributed by atoms with Gasteiger partial charge in [-0.3, -0.25) is 0 Å². The van der Waals surface area contributed by atoms with Crippen LogP contribution in [0.3, 0.4) is 0 Å². The van der Waals surface area contributed by atoms with Crippen LogP contribution in [0.5, 0.6) is 0 Å². The maximum absolute atomic E-state index is 6.30. The predicted octanol–water partition coefficient (Wildman–Crippen LogP) is 3.22. The lowest BCUT2D eigenvalue weighted by Crippen LogP contribution is -2.38. The van der Waals surface area contributed by atoms with Gasteiger partial charge in [0, 0.05) is 22.8 Å². The molecule has 3 heteroatoms. The van der Waals surface area contributed by atoms with Crippen LogP contribution in [-0.2, 0) is 6.42 Å². The lowest BCUT2D eigenvalue weighted by molar-refractivity contribution is 0.517. The Morgan fingerprint density at radius 1 is 1.41 bits per heavy atom. The Labute approximate surface area is 109 Å². The zero-order valence-electron chi connectivity index (χ0n) is 10.7. The van der Waals surface area contributed by atoms with Crippen molar-refractivity contribution in [2.75, 3.05) is 18.0 Å². The molecule has 17 heavy (non-hydrogen) atoms. The van der Waals surface area contributed by atoms with Gasteiger partial charge in [0.25, 0.3) is 0 Å². The van der Waals surface area contributed by atoms with Gasteiger partial charge in [0.1, 0.15) is 0 Å². The van der Waals surface area contributed by atoms with Crippen LogP contribution < -0.4 is 10.6 Å². The van der Waals surface area contributed by atoms with Crippen LogP contribution in [0.1, 0.15) is 32.3 Å². The minimum Gasteiger partial charge on any atom is -0.366 e. The average Bonchev–Trinajstić information content (AvgIpc) is 2.61. The number of anilines is 1. The van der Waals surface area contributed by atoms with E-state index in [1.165, 1.54) is 24.1 Å². The van der Waals surface area contributed by atoms with Gasteiger partial charge in [-0.05, 0) is 57.4 Å². The summed E-state index contributed by atoms with van der Waals surface area (Å²) >= 11 is 6.30. The molecule has 0 radical (unpaired) electrons. The highest BCUT2D eigenvalue weighted by Gasteiger charge is 2.33. The van der Waals surface area contributed by atoms with Crippen LogP contribution in [0.4, 0.5) is 5.69 Å². The van der Waals surface area contributed by atoms with Crippen molar-refractivity contribution in [3.63, 3.8) is 0 Å². The lowest BCUT2D eigenvalue weighted by Gasteiger charge is -2.35. The number of hydrogen-bond acceptors (Lipinski definition) is 2. The van der Waals surface area contributed by atoms with Gasteiger partial charge < -0.3 is 10.6 Å². The van der Waals surface area contributed by atoms with Crippen molar-refractivity contribution in [3.05, 3.63) is 28.8 Å². The molecule has 1 heterocycles. The van der Waals surface area contributed by atoms with Gasteiger partial charge in [-0.2, -0.15) is 0 Å². The van der Waals surface area contributed by atoms with E-state index in [1.54, 1.807) is 0 Å². The number of hydrogen-bond donors (Lipinski definition) is 1. The summed E-state index contributed by atoms with van der Waals surface area (Å²) in [6.45, 7) is 6.36. The number of nitrogens with two attached hydrogens (primary N) is 1. The van der Waals surface area contributed by atoms with Crippen molar-refractivity contribution in [1.82, 2.24) is 0 Å². The van der Waals surface area contributed by atoms with Crippen molar-refractivity contribution in [2.45, 2.75) is 38.6 Å². The monoisotopic (exact) mass is 252 g/mol. The molecule has 2 N–H and O–H groups in total. The van der Waals surface area contributed by atoms with Crippen molar-refractivity contribution in [2.24, 2.45) is 5.73 Å². The highest BCUT2D eigenvalue weighted by atomic mass is 35.5. The molecule has 0 spiro atoms. The van der Waals surface area contributed by atoms with E-state index in [0.29, 0.717) is 6.54 Å². The molecular formula is C14H21ClN2. The molecule has 0 aromatic heterocycles. The van der Waals surface area contributed by atoms with E-state index in [0.717, 1.165) is 18.0 Å². The highest BCUT2D eigenvalue weighted by Crippen LogP contribution is 2.37. The number of nitrogens with zero attached hydrogens (tertiary/aromatic N) is 1. The maximum atomic E-state index is 6.30. The van der Waals surface area contributed by atoms with Gasteiger partial charge in [0.15, 0.2) is 0 Å². The van der Waals surface area contributed by atoms with Gasteiger partial charge in [0.05, 0.1) is 0 Å². The third-order valence-electron chi connectivity index (χ3n) is 3.68. The summed E-state index contributed by atoms with van der Waals surface area (Å²) in [6, 6.07) is 6.16. The summed E-state index contributed by atoms with van der Waals surface area (Å²) in [5, 5.41) is 0.843. The standard InChI is InChI=1S/C14H21ClN2/c1-14(2)8-4-10-17(14)13-6-3-5-12(15)11(13)7-9-16/h3,5-6H,4,7-10,16H2,1-2H3. The maximum Gasteiger partial charge on any atom is 0.0459 e. The fraction of sp³-hybridized carbons (Fsp3) is 0.571. The Kier molecular flexibility index (Phi) is 3.64. The molecule has 1 aliphatic rings. The molecule has 1 aromatic carbocycles. The minimum absolute atomic E-state index is 0.230. The molecule has 1 aliphatic heterocycles. The van der Waals surface area contributed by atoms with E-state index in [-0.39, 0.29) is 5.54 Å². The number of halogens is 1. The zero-order valence-corrected chi connectivity index (χ0v) is 11.4. The van der Waals surface area contributed by atoms with E-state index < -0.39 is 0 Å². The molecule has 1 saturated heterocycles. The SMILES string of the molecule is CC1(C)CCCN1c1cccc(Cl)c1CCN. The van der Waals surface area contributed by atoms with Gasteiger partial charge in [0.2, 0.25) is 0 Å². The first-order valence-electron chi connectivity index (χ1n) is 6.31. The minimum atomic E-state index is 0.230. The third-order valence-corrected chi connectivity index (χ3v) is 4.03. The summed E-state index contributed by atoms with van der Waals surface area (Å²) < 4.78 is 0. The first-order valence-corrected chi connectivity index (χ1v) is 6.69. The van der Waals surface area contributed by atoms with E-state index >= 15 is 0 Å². The topological polar surface area (TPSA) is 29.3 Å². The molecule has 0 saturated carbocycles. The van der Waals surface area contributed by atoms with Crippen LogP contribution >= 0.6 is 11.6 Å². The number of rotatable bonds is 3. The van der Waals surface area contributed by atoms with Crippen LogP contribution in [0, 0.1) is 0 Å². The molecule has 94 valence electrons. The van der Waals surface area contributed by atoms with Crippen LogP contribution in [0.15, 0.2) is 18.2 Å². The Balaban J connectivity index is 2.41. The molecular weight excluding hydrogens is 232 g/mol. The van der Waals surface area contributed by atoms with Gasteiger partial charge in [-0.15, -0.1) is 0 Å². The Morgan fingerprint density at radius 2 is 2.18 bits per heavy atom. The molecule has 1 aromatic rings. The van der Waals surface area contributed by atoms with E-state index in [2.05, 4.69) is 24.8 Å². The second-order valence-corrected chi connectivity index (χ2v) is 5.75. The molecule has 2 rings (SSSR count). The summed E-state index contributed by atoms with van der Waals surface area (Å²) in [5.41, 5.74) is 8.39. The van der Waals surface area contributed by atoms with Crippen LogP contribution in [0.2, 0.25) is 5.02 Å². The summed E-state index contributed by atoms with van der Waals surface area (Å²) in [4.78, 5) is 2.48.